The summed E-state index contributed by atoms with van der Waals surface area (Å²) in [5.74, 6) is -0.978. The first kappa shape index (κ1) is 32.3. The molecule has 0 aromatic heterocycles. The van der Waals surface area contributed by atoms with Gasteiger partial charge in [-0.1, -0.05) is 68.1 Å². The van der Waals surface area contributed by atoms with E-state index < -0.39 is 34.3 Å². The van der Waals surface area contributed by atoms with E-state index in [1.165, 1.54) is 54.5 Å². The van der Waals surface area contributed by atoms with E-state index in [9.17, 15) is 22.4 Å². The van der Waals surface area contributed by atoms with Crippen molar-refractivity contribution in [2.75, 3.05) is 18.0 Å². The summed E-state index contributed by atoms with van der Waals surface area (Å²) in [5, 5.41) is 3.27. The van der Waals surface area contributed by atoms with Crippen LogP contribution in [0.15, 0.2) is 77.7 Å². The van der Waals surface area contributed by atoms with Gasteiger partial charge in [0.05, 0.1) is 22.7 Å². The average molecular weight is 630 g/mol. The van der Waals surface area contributed by atoms with Gasteiger partial charge in [-0.05, 0) is 67.3 Å². The molecule has 0 aliphatic heterocycles. The summed E-state index contributed by atoms with van der Waals surface area (Å²) in [7, 11) is -2.79. The lowest BCUT2D eigenvalue weighted by Gasteiger charge is -2.34. The van der Waals surface area contributed by atoms with E-state index >= 15 is 0 Å². The van der Waals surface area contributed by atoms with Crippen LogP contribution in [0.1, 0.15) is 51.0 Å². The number of benzene rings is 3. The summed E-state index contributed by atoms with van der Waals surface area (Å²) < 4.78 is 47.8. The predicted octanol–water partition coefficient (Wildman–Crippen LogP) is 5.94. The highest BCUT2D eigenvalue weighted by Crippen LogP contribution is 2.32. The number of carbonyl (C=O) groups excluding carboxylic acids is 2. The van der Waals surface area contributed by atoms with Crippen LogP contribution in [0, 0.1) is 5.82 Å². The van der Waals surface area contributed by atoms with Crippen LogP contribution >= 0.6 is 11.6 Å². The standard InChI is InChI=1S/C32H37ClFN3O5S/c1-3-29(32(39)35-25-10-6-4-7-11-25)36(21-23-14-16-24(34)17-15-23)31(38)22-37(26-18-19-30(42-2)28(33)20-26)43(40,41)27-12-8-5-9-13-27/h5,8-9,12-20,25,29H,3-4,6-7,10-11,21-22H2,1-2H3,(H,35,39)/t29-/m0/s1. The van der Waals surface area contributed by atoms with Gasteiger partial charge in [0.15, 0.2) is 0 Å². The van der Waals surface area contributed by atoms with Crippen molar-refractivity contribution in [2.45, 2.75) is 69.0 Å². The van der Waals surface area contributed by atoms with E-state index in [1.54, 1.807) is 37.3 Å². The molecule has 43 heavy (non-hydrogen) atoms. The van der Waals surface area contributed by atoms with Gasteiger partial charge in [-0.25, -0.2) is 12.8 Å². The molecule has 0 spiro atoms. The number of nitrogens with zero attached hydrogens (tertiary/aromatic N) is 2. The third-order valence-corrected chi connectivity index (χ3v) is 9.72. The second-order valence-corrected chi connectivity index (χ2v) is 12.8. The second-order valence-electron chi connectivity index (χ2n) is 10.6. The fourth-order valence-corrected chi connectivity index (χ4v) is 6.99. The average Bonchev–Trinajstić information content (AvgIpc) is 3.01. The highest BCUT2D eigenvalue weighted by molar-refractivity contribution is 7.92. The molecule has 0 unspecified atom stereocenters. The quantitative estimate of drug-likeness (QED) is 0.268. The minimum Gasteiger partial charge on any atom is -0.495 e. The van der Waals surface area contributed by atoms with Crippen LogP contribution in [0.25, 0.3) is 0 Å². The van der Waals surface area contributed by atoms with Gasteiger partial charge < -0.3 is 15.0 Å². The Morgan fingerprint density at radius 1 is 1.02 bits per heavy atom. The van der Waals surface area contributed by atoms with Crippen molar-refractivity contribution in [3.05, 3.63) is 89.2 Å². The van der Waals surface area contributed by atoms with Gasteiger partial charge in [0.25, 0.3) is 10.0 Å². The lowest BCUT2D eigenvalue weighted by atomic mass is 9.95. The van der Waals surface area contributed by atoms with Crippen molar-refractivity contribution in [2.24, 2.45) is 0 Å². The van der Waals surface area contributed by atoms with E-state index in [0.717, 1.165) is 36.4 Å². The van der Waals surface area contributed by atoms with Gasteiger partial charge in [0.1, 0.15) is 24.2 Å². The smallest absolute Gasteiger partial charge is 0.264 e. The number of ether oxygens (including phenoxy) is 1. The number of methoxy groups -OCH3 is 1. The third-order valence-electron chi connectivity index (χ3n) is 7.64. The van der Waals surface area contributed by atoms with Gasteiger partial charge in [-0.2, -0.15) is 0 Å². The molecule has 1 aliphatic rings. The molecule has 3 aromatic rings. The van der Waals surface area contributed by atoms with Gasteiger partial charge >= 0.3 is 0 Å². The predicted molar refractivity (Wildman–Crippen MR) is 165 cm³/mol. The van der Waals surface area contributed by atoms with Crippen LogP contribution in [-0.2, 0) is 26.2 Å². The van der Waals surface area contributed by atoms with Crippen molar-refractivity contribution in [3.8, 4) is 5.75 Å². The monoisotopic (exact) mass is 629 g/mol. The topological polar surface area (TPSA) is 96.0 Å². The first-order chi connectivity index (χ1) is 20.6. The summed E-state index contributed by atoms with van der Waals surface area (Å²) >= 11 is 6.37. The number of nitrogens with one attached hydrogen (secondary N) is 1. The van der Waals surface area contributed by atoms with E-state index in [0.29, 0.717) is 17.7 Å². The number of rotatable bonds is 12. The Hall–Kier alpha value is -3.63. The molecule has 230 valence electrons. The Morgan fingerprint density at radius 3 is 2.30 bits per heavy atom. The number of halogens is 2. The molecule has 1 aliphatic carbocycles. The first-order valence-corrected chi connectivity index (χ1v) is 16.2. The molecule has 0 saturated heterocycles. The molecule has 1 saturated carbocycles. The van der Waals surface area contributed by atoms with Crippen molar-refractivity contribution < 1.29 is 27.1 Å². The fourth-order valence-electron chi connectivity index (χ4n) is 5.31. The zero-order valence-electron chi connectivity index (χ0n) is 24.3. The molecule has 11 heteroatoms. The molecular formula is C32H37ClFN3O5S. The molecule has 0 radical (unpaired) electrons. The molecule has 3 aromatic carbocycles. The van der Waals surface area contributed by atoms with Crippen LogP contribution in [0.3, 0.4) is 0 Å². The summed E-state index contributed by atoms with van der Waals surface area (Å²) in [6.45, 7) is 1.18. The van der Waals surface area contributed by atoms with E-state index in [4.69, 9.17) is 16.3 Å². The van der Waals surface area contributed by atoms with Crippen LogP contribution in [-0.4, -0.2) is 50.9 Å². The minimum absolute atomic E-state index is 0.0121. The molecule has 1 atom stereocenters. The van der Waals surface area contributed by atoms with Crippen molar-refractivity contribution in [1.29, 1.82) is 0 Å². The summed E-state index contributed by atoms with van der Waals surface area (Å²) in [5.41, 5.74) is 0.757. The number of anilines is 1. The van der Waals surface area contributed by atoms with Crippen LogP contribution in [0.5, 0.6) is 5.75 Å². The third kappa shape index (κ3) is 8.06. The summed E-state index contributed by atoms with van der Waals surface area (Å²) in [6, 6.07) is 17.0. The van der Waals surface area contributed by atoms with Crippen molar-refractivity contribution >= 4 is 39.1 Å². The van der Waals surface area contributed by atoms with E-state index in [2.05, 4.69) is 5.32 Å². The Balaban J connectivity index is 1.72. The molecule has 1 N–H and O–H groups in total. The molecule has 8 nitrogen and oxygen atoms in total. The lowest BCUT2D eigenvalue weighted by molar-refractivity contribution is -0.140. The van der Waals surface area contributed by atoms with E-state index in [1.807, 2.05) is 0 Å². The molecule has 4 rings (SSSR count). The number of hydrogen-bond donors (Lipinski definition) is 1. The maximum absolute atomic E-state index is 14.2. The number of hydrogen-bond acceptors (Lipinski definition) is 5. The van der Waals surface area contributed by atoms with Gasteiger partial charge in [-0.3, -0.25) is 13.9 Å². The fraction of sp³-hybridized carbons (Fsp3) is 0.375. The Kier molecular flexibility index (Phi) is 11.0. The van der Waals surface area contributed by atoms with E-state index in [-0.39, 0.29) is 34.1 Å². The summed E-state index contributed by atoms with van der Waals surface area (Å²) in [4.78, 5) is 29.2. The van der Waals surface area contributed by atoms with Gasteiger partial charge in [0, 0.05) is 12.6 Å². The molecule has 0 bridgehead atoms. The molecular weight excluding hydrogens is 593 g/mol. The van der Waals surface area contributed by atoms with Crippen LogP contribution in [0.4, 0.5) is 10.1 Å². The number of sulfonamides is 1. The first-order valence-electron chi connectivity index (χ1n) is 14.4. The molecule has 2 amide bonds. The minimum atomic E-state index is -4.24. The molecule has 1 fully saturated rings. The highest BCUT2D eigenvalue weighted by Gasteiger charge is 2.34. The highest BCUT2D eigenvalue weighted by atomic mass is 35.5. The number of carbonyl (C=O) groups is 2. The summed E-state index contributed by atoms with van der Waals surface area (Å²) in [6.07, 6.45) is 5.21. The molecule has 0 heterocycles. The maximum Gasteiger partial charge on any atom is 0.264 e. The Bertz CT molecular complexity index is 1500. The number of amides is 2. The van der Waals surface area contributed by atoms with Crippen molar-refractivity contribution in [3.63, 3.8) is 0 Å². The SMILES string of the molecule is CC[C@@H](C(=O)NC1CCCCC1)N(Cc1ccc(F)cc1)C(=O)CN(c1ccc(OC)c(Cl)c1)S(=O)(=O)c1ccccc1. The normalized spacial score (nSPS) is 14.5. The van der Waals surface area contributed by atoms with Crippen LogP contribution < -0.4 is 14.4 Å². The maximum atomic E-state index is 14.2. The van der Waals surface area contributed by atoms with Gasteiger partial charge in [-0.15, -0.1) is 0 Å². The van der Waals surface area contributed by atoms with Gasteiger partial charge in [0.2, 0.25) is 11.8 Å². The second kappa shape index (κ2) is 14.7. The zero-order chi connectivity index (χ0) is 31.0. The van der Waals surface area contributed by atoms with Crippen LogP contribution in [0.2, 0.25) is 5.02 Å². The lowest BCUT2D eigenvalue weighted by Crippen LogP contribution is -2.54. The largest absolute Gasteiger partial charge is 0.495 e. The Labute approximate surface area is 257 Å². The van der Waals surface area contributed by atoms with Crippen molar-refractivity contribution in [1.82, 2.24) is 10.2 Å². The zero-order valence-corrected chi connectivity index (χ0v) is 25.9. The Morgan fingerprint density at radius 2 is 1.70 bits per heavy atom.